The Morgan fingerprint density at radius 1 is 0.920 bits per heavy atom. The maximum Gasteiger partial charge on any atom is 0.295 e. The Morgan fingerprint density at radius 3 is 1.88 bits per heavy atom. The van der Waals surface area contributed by atoms with Crippen LogP contribution in [0, 0.1) is 0 Å². The van der Waals surface area contributed by atoms with E-state index in [1.807, 2.05) is 31.1 Å². The van der Waals surface area contributed by atoms with Crippen molar-refractivity contribution in [2.75, 3.05) is 40.3 Å². The highest BCUT2D eigenvalue weighted by molar-refractivity contribution is 7.86. The SMILES string of the molecule is COc1cc(S(=O)(=O)O)c(-c2ccc(N(C)C)cc2)c(OC)c1OC. The first-order valence-electron chi connectivity index (χ1n) is 7.32. The molecular formula is C17H21NO6S. The molecule has 0 aliphatic heterocycles. The molecule has 0 aliphatic carbocycles. The molecule has 136 valence electrons. The molecule has 0 aromatic heterocycles. The van der Waals surface area contributed by atoms with Crippen molar-refractivity contribution in [2.45, 2.75) is 4.90 Å². The zero-order chi connectivity index (χ0) is 18.8. The van der Waals surface area contributed by atoms with Crippen molar-refractivity contribution in [1.82, 2.24) is 0 Å². The first-order chi connectivity index (χ1) is 11.7. The van der Waals surface area contributed by atoms with Crippen LogP contribution in [0.5, 0.6) is 17.2 Å². The standard InChI is InChI=1S/C17H21NO6S/c1-18(2)12-8-6-11(7-9-12)15-14(25(19,20)21)10-13(22-3)16(23-4)17(15)24-5/h6-10H,1-5H3,(H,19,20,21). The van der Waals surface area contributed by atoms with Crippen LogP contribution in [0.25, 0.3) is 11.1 Å². The Labute approximate surface area is 147 Å². The van der Waals surface area contributed by atoms with E-state index in [4.69, 9.17) is 14.2 Å². The number of ether oxygens (including phenoxy) is 3. The first kappa shape index (κ1) is 18.9. The van der Waals surface area contributed by atoms with Crippen molar-refractivity contribution in [3.63, 3.8) is 0 Å². The average Bonchev–Trinajstić information content (AvgIpc) is 2.58. The molecule has 0 fully saturated rings. The van der Waals surface area contributed by atoms with Crippen molar-refractivity contribution in [3.05, 3.63) is 30.3 Å². The molecule has 0 radical (unpaired) electrons. The average molecular weight is 367 g/mol. The summed E-state index contributed by atoms with van der Waals surface area (Å²) in [6.07, 6.45) is 0. The molecular weight excluding hydrogens is 346 g/mol. The Hall–Kier alpha value is -2.45. The van der Waals surface area contributed by atoms with E-state index in [9.17, 15) is 13.0 Å². The van der Waals surface area contributed by atoms with E-state index in [0.29, 0.717) is 5.56 Å². The van der Waals surface area contributed by atoms with Gasteiger partial charge in [-0.15, -0.1) is 0 Å². The Kier molecular flexibility index (Phi) is 5.44. The van der Waals surface area contributed by atoms with Gasteiger partial charge in [0.2, 0.25) is 5.75 Å². The molecule has 8 heteroatoms. The first-order valence-corrected chi connectivity index (χ1v) is 8.76. The molecule has 0 spiro atoms. The normalized spacial score (nSPS) is 11.1. The van der Waals surface area contributed by atoms with Gasteiger partial charge in [-0.25, -0.2) is 0 Å². The highest BCUT2D eigenvalue weighted by Crippen LogP contribution is 2.48. The van der Waals surface area contributed by atoms with E-state index in [0.717, 1.165) is 5.69 Å². The molecule has 0 atom stereocenters. The summed E-state index contributed by atoms with van der Waals surface area (Å²) >= 11 is 0. The lowest BCUT2D eigenvalue weighted by Gasteiger charge is -2.19. The molecule has 0 aliphatic rings. The van der Waals surface area contributed by atoms with Gasteiger partial charge in [0.25, 0.3) is 10.1 Å². The highest BCUT2D eigenvalue weighted by atomic mass is 32.2. The highest BCUT2D eigenvalue weighted by Gasteiger charge is 2.27. The molecule has 2 aromatic rings. The minimum Gasteiger partial charge on any atom is -0.493 e. The molecule has 0 unspecified atom stereocenters. The van der Waals surface area contributed by atoms with E-state index in [-0.39, 0.29) is 27.7 Å². The fourth-order valence-corrected chi connectivity index (χ4v) is 3.26. The van der Waals surface area contributed by atoms with Crippen molar-refractivity contribution in [1.29, 1.82) is 0 Å². The molecule has 2 rings (SSSR count). The number of nitrogens with zero attached hydrogens (tertiary/aromatic N) is 1. The van der Waals surface area contributed by atoms with Gasteiger partial charge >= 0.3 is 0 Å². The predicted molar refractivity (Wildman–Crippen MR) is 95.7 cm³/mol. The van der Waals surface area contributed by atoms with Gasteiger partial charge in [0, 0.05) is 31.4 Å². The van der Waals surface area contributed by atoms with Crippen LogP contribution in [0.3, 0.4) is 0 Å². The zero-order valence-electron chi connectivity index (χ0n) is 14.7. The molecule has 1 N–H and O–H groups in total. The van der Waals surface area contributed by atoms with Gasteiger partial charge < -0.3 is 19.1 Å². The lowest BCUT2D eigenvalue weighted by molar-refractivity contribution is 0.323. The summed E-state index contributed by atoms with van der Waals surface area (Å²) in [5.41, 5.74) is 1.69. The van der Waals surface area contributed by atoms with Gasteiger partial charge in [0.1, 0.15) is 4.90 Å². The molecule has 0 saturated carbocycles. The summed E-state index contributed by atoms with van der Waals surface area (Å²) in [7, 11) is 3.46. The summed E-state index contributed by atoms with van der Waals surface area (Å²) in [5.74, 6) is 0.539. The van der Waals surface area contributed by atoms with Crippen LogP contribution >= 0.6 is 0 Å². The monoisotopic (exact) mass is 367 g/mol. The maximum absolute atomic E-state index is 11.9. The Morgan fingerprint density at radius 2 is 1.48 bits per heavy atom. The van der Waals surface area contributed by atoms with Gasteiger partial charge in [-0.05, 0) is 17.7 Å². The lowest BCUT2D eigenvalue weighted by atomic mass is 10.0. The summed E-state index contributed by atoms with van der Waals surface area (Å²) in [5, 5.41) is 0. The predicted octanol–water partition coefficient (Wildman–Crippen LogP) is 2.69. The van der Waals surface area contributed by atoms with E-state index in [1.165, 1.54) is 27.4 Å². The van der Waals surface area contributed by atoms with Crippen molar-refractivity contribution < 1.29 is 27.2 Å². The topological polar surface area (TPSA) is 85.3 Å². The second-order valence-corrected chi connectivity index (χ2v) is 6.82. The third kappa shape index (κ3) is 3.64. The minimum absolute atomic E-state index is 0.139. The van der Waals surface area contributed by atoms with Crippen molar-refractivity contribution in [3.8, 4) is 28.4 Å². The molecule has 0 heterocycles. The molecule has 25 heavy (non-hydrogen) atoms. The Balaban J connectivity index is 2.86. The molecule has 2 aromatic carbocycles. The van der Waals surface area contributed by atoms with Gasteiger partial charge in [-0.3, -0.25) is 4.55 Å². The van der Waals surface area contributed by atoms with Gasteiger partial charge in [-0.1, -0.05) is 12.1 Å². The number of hydrogen-bond acceptors (Lipinski definition) is 6. The van der Waals surface area contributed by atoms with E-state index < -0.39 is 10.1 Å². The van der Waals surface area contributed by atoms with Crippen LogP contribution < -0.4 is 19.1 Å². The lowest BCUT2D eigenvalue weighted by Crippen LogP contribution is -2.08. The maximum atomic E-state index is 11.9. The van der Waals surface area contributed by atoms with Crippen LogP contribution in [-0.2, 0) is 10.1 Å². The number of anilines is 1. The molecule has 0 saturated heterocycles. The third-order valence-electron chi connectivity index (χ3n) is 3.74. The van der Waals surface area contributed by atoms with Crippen LogP contribution in [-0.4, -0.2) is 48.4 Å². The fraction of sp³-hybridized carbons (Fsp3) is 0.294. The summed E-state index contributed by atoms with van der Waals surface area (Å²) < 4.78 is 49.4. The quantitative estimate of drug-likeness (QED) is 0.786. The minimum atomic E-state index is -4.52. The zero-order valence-corrected chi connectivity index (χ0v) is 15.5. The Bertz CT molecular complexity index is 860. The van der Waals surface area contributed by atoms with Crippen molar-refractivity contribution >= 4 is 15.8 Å². The second kappa shape index (κ2) is 7.20. The second-order valence-electron chi connectivity index (χ2n) is 5.43. The summed E-state index contributed by atoms with van der Waals surface area (Å²) in [4.78, 5) is 1.60. The van der Waals surface area contributed by atoms with Gasteiger partial charge in [0.05, 0.1) is 21.3 Å². The number of methoxy groups -OCH3 is 3. The summed E-state index contributed by atoms with van der Waals surface area (Å²) in [6.45, 7) is 0. The van der Waals surface area contributed by atoms with Crippen LogP contribution in [0.2, 0.25) is 0 Å². The summed E-state index contributed by atoms with van der Waals surface area (Å²) in [6, 6.07) is 8.37. The smallest absolute Gasteiger partial charge is 0.295 e. The van der Waals surface area contributed by atoms with E-state index in [2.05, 4.69) is 0 Å². The van der Waals surface area contributed by atoms with Gasteiger partial charge in [-0.2, -0.15) is 8.42 Å². The van der Waals surface area contributed by atoms with Crippen LogP contribution in [0.4, 0.5) is 5.69 Å². The van der Waals surface area contributed by atoms with Crippen molar-refractivity contribution in [2.24, 2.45) is 0 Å². The number of hydrogen-bond donors (Lipinski definition) is 1. The van der Waals surface area contributed by atoms with Crippen LogP contribution in [0.1, 0.15) is 0 Å². The number of rotatable bonds is 6. The molecule has 0 bridgehead atoms. The third-order valence-corrected chi connectivity index (χ3v) is 4.62. The number of benzene rings is 2. The largest absolute Gasteiger partial charge is 0.493 e. The fourth-order valence-electron chi connectivity index (χ4n) is 2.54. The van der Waals surface area contributed by atoms with E-state index in [1.54, 1.807) is 12.1 Å². The van der Waals surface area contributed by atoms with E-state index >= 15 is 0 Å². The van der Waals surface area contributed by atoms with Gasteiger partial charge in [0.15, 0.2) is 11.5 Å². The molecule has 7 nitrogen and oxygen atoms in total. The molecule has 0 amide bonds. The van der Waals surface area contributed by atoms with Crippen LogP contribution in [0.15, 0.2) is 35.2 Å².